The highest BCUT2D eigenvalue weighted by molar-refractivity contribution is 7.09. The van der Waals surface area contributed by atoms with Gasteiger partial charge >= 0.3 is 6.09 Å². The molecule has 0 bridgehead atoms. The van der Waals surface area contributed by atoms with E-state index in [1.165, 1.54) is 43.4 Å². The summed E-state index contributed by atoms with van der Waals surface area (Å²) >= 11 is 1.47. The molecule has 0 atom stereocenters. The van der Waals surface area contributed by atoms with E-state index >= 15 is 0 Å². The Hall–Kier alpha value is -1.14. The molecular formula is C13H21N3O2S. The Kier molecular flexibility index (Phi) is 5.60. The van der Waals surface area contributed by atoms with Gasteiger partial charge in [0.2, 0.25) is 5.88 Å². The molecule has 1 heterocycles. The number of carbonyl (C=O) groups is 1. The van der Waals surface area contributed by atoms with Crippen LogP contribution in [0.5, 0.6) is 5.88 Å². The van der Waals surface area contributed by atoms with E-state index in [0.717, 1.165) is 11.4 Å². The fourth-order valence-electron chi connectivity index (χ4n) is 2.33. The fraction of sp³-hybridized carbons (Fsp3) is 0.692. The van der Waals surface area contributed by atoms with Crippen molar-refractivity contribution in [2.45, 2.75) is 38.5 Å². The first-order valence-corrected chi connectivity index (χ1v) is 7.76. The SMILES string of the molecule is NCCc1nc(OC(=O)NCC2CCCCC2)cs1. The number of hydrogen-bond acceptors (Lipinski definition) is 5. The van der Waals surface area contributed by atoms with Crippen LogP contribution in [-0.4, -0.2) is 24.2 Å². The van der Waals surface area contributed by atoms with Crippen LogP contribution in [0, 0.1) is 5.92 Å². The molecule has 3 N–H and O–H groups in total. The van der Waals surface area contributed by atoms with E-state index in [1.54, 1.807) is 5.38 Å². The summed E-state index contributed by atoms with van der Waals surface area (Å²) in [6.07, 6.45) is 6.60. The predicted octanol–water partition coefficient (Wildman–Crippen LogP) is 2.31. The summed E-state index contributed by atoms with van der Waals surface area (Å²) in [5.41, 5.74) is 5.45. The zero-order valence-electron chi connectivity index (χ0n) is 11.1. The maximum atomic E-state index is 11.6. The van der Waals surface area contributed by atoms with Crippen LogP contribution in [0.1, 0.15) is 37.1 Å². The second kappa shape index (κ2) is 7.45. The normalized spacial score (nSPS) is 16.3. The molecule has 0 spiro atoms. The lowest BCUT2D eigenvalue weighted by atomic mass is 9.89. The highest BCUT2D eigenvalue weighted by atomic mass is 32.1. The summed E-state index contributed by atoms with van der Waals surface area (Å²) in [4.78, 5) is 15.8. The summed E-state index contributed by atoms with van der Waals surface area (Å²) in [5, 5.41) is 5.46. The van der Waals surface area contributed by atoms with Gasteiger partial charge in [0.15, 0.2) is 0 Å². The zero-order chi connectivity index (χ0) is 13.5. The van der Waals surface area contributed by atoms with Crippen molar-refractivity contribution in [3.8, 4) is 5.88 Å². The molecule has 0 aliphatic heterocycles. The first-order valence-electron chi connectivity index (χ1n) is 6.88. The molecule has 0 saturated heterocycles. The average Bonchev–Trinajstić information content (AvgIpc) is 2.85. The molecule has 1 aliphatic carbocycles. The number of ether oxygens (including phenoxy) is 1. The highest BCUT2D eigenvalue weighted by Crippen LogP contribution is 2.22. The predicted molar refractivity (Wildman–Crippen MR) is 75.5 cm³/mol. The summed E-state index contributed by atoms with van der Waals surface area (Å²) in [6, 6.07) is 0. The number of amides is 1. The van der Waals surface area contributed by atoms with Crippen LogP contribution in [0.4, 0.5) is 4.79 Å². The van der Waals surface area contributed by atoms with Gasteiger partial charge in [-0.05, 0) is 25.3 Å². The second-order valence-electron chi connectivity index (χ2n) is 4.89. The van der Waals surface area contributed by atoms with Crippen LogP contribution < -0.4 is 15.8 Å². The molecule has 1 fully saturated rings. The van der Waals surface area contributed by atoms with Gasteiger partial charge in [-0.15, -0.1) is 11.3 Å². The van der Waals surface area contributed by atoms with E-state index < -0.39 is 6.09 Å². The van der Waals surface area contributed by atoms with Crippen molar-refractivity contribution in [3.05, 3.63) is 10.4 Å². The Morgan fingerprint density at radius 2 is 2.26 bits per heavy atom. The van der Waals surface area contributed by atoms with E-state index in [9.17, 15) is 4.79 Å². The van der Waals surface area contributed by atoms with E-state index in [4.69, 9.17) is 10.5 Å². The summed E-state index contributed by atoms with van der Waals surface area (Å²) < 4.78 is 5.14. The quantitative estimate of drug-likeness (QED) is 0.869. The smallest absolute Gasteiger partial charge is 0.390 e. The molecule has 2 rings (SSSR count). The topological polar surface area (TPSA) is 77.2 Å². The third kappa shape index (κ3) is 4.80. The molecule has 6 heteroatoms. The monoisotopic (exact) mass is 283 g/mol. The van der Waals surface area contributed by atoms with Crippen molar-refractivity contribution in [2.24, 2.45) is 11.7 Å². The van der Waals surface area contributed by atoms with E-state index in [-0.39, 0.29) is 0 Å². The van der Waals surface area contributed by atoms with Gasteiger partial charge in [0.25, 0.3) is 0 Å². The average molecular weight is 283 g/mol. The Balaban J connectivity index is 1.70. The van der Waals surface area contributed by atoms with Crippen molar-refractivity contribution < 1.29 is 9.53 Å². The van der Waals surface area contributed by atoms with Crippen LogP contribution in [-0.2, 0) is 6.42 Å². The molecule has 1 amide bonds. The van der Waals surface area contributed by atoms with Crippen molar-refractivity contribution in [3.63, 3.8) is 0 Å². The Morgan fingerprint density at radius 3 is 3.00 bits per heavy atom. The minimum atomic E-state index is -0.407. The van der Waals surface area contributed by atoms with Crippen LogP contribution >= 0.6 is 11.3 Å². The number of hydrogen-bond donors (Lipinski definition) is 2. The van der Waals surface area contributed by atoms with Gasteiger partial charge < -0.3 is 15.8 Å². The van der Waals surface area contributed by atoms with Crippen LogP contribution in [0.2, 0.25) is 0 Å². The van der Waals surface area contributed by atoms with Crippen molar-refractivity contribution in [2.75, 3.05) is 13.1 Å². The lowest BCUT2D eigenvalue weighted by molar-refractivity contribution is 0.194. The van der Waals surface area contributed by atoms with Gasteiger partial charge in [-0.25, -0.2) is 9.78 Å². The molecule has 1 aromatic rings. The maximum absolute atomic E-state index is 11.6. The van der Waals surface area contributed by atoms with E-state index in [1.807, 2.05) is 0 Å². The maximum Gasteiger partial charge on any atom is 0.413 e. The Labute approximate surface area is 117 Å². The largest absolute Gasteiger partial charge is 0.413 e. The second-order valence-corrected chi connectivity index (χ2v) is 5.84. The van der Waals surface area contributed by atoms with Gasteiger partial charge in [-0.3, -0.25) is 0 Å². The number of nitrogens with two attached hydrogens (primary N) is 1. The molecule has 5 nitrogen and oxygen atoms in total. The van der Waals surface area contributed by atoms with Crippen molar-refractivity contribution in [1.29, 1.82) is 0 Å². The molecule has 0 aromatic carbocycles. The molecular weight excluding hydrogens is 262 g/mol. The first-order chi connectivity index (χ1) is 9.28. The zero-order valence-corrected chi connectivity index (χ0v) is 11.9. The van der Waals surface area contributed by atoms with Gasteiger partial charge in [-0.1, -0.05) is 19.3 Å². The Bertz CT molecular complexity index is 402. The fourth-order valence-corrected chi connectivity index (χ4v) is 3.05. The van der Waals surface area contributed by atoms with Crippen molar-refractivity contribution in [1.82, 2.24) is 10.3 Å². The minimum Gasteiger partial charge on any atom is -0.390 e. The lowest BCUT2D eigenvalue weighted by Crippen LogP contribution is -2.32. The van der Waals surface area contributed by atoms with E-state index in [2.05, 4.69) is 10.3 Å². The summed E-state index contributed by atoms with van der Waals surface area (Å²) in [5.74, 6) is 0.971. The Morgan fingerprint density at radius 1 is 1.47 bits per heavy atom. The van der Waals surface area contributed by atoms with Gasteiger partial charge in [0.05, 0.1) is 10.4 Å². The van der Waals surface area contributed by atoms with Crippen LogP contribution in [0.15, 0.2) is 5.38 Å². The number of nitrogens with one attached hydrogen (secondary N) is 1. The van der Waals surface area contributed by atoms with E-state index in [0.29, 0.717) is 24.9 Å². The molecule has 0 unspecified atom stereocenters. The van der Waals surface area contributed by atoms with Gasteiger partial charge in [0, 0.05) is 13.0 Å². The molecule has 1 aromatic heterocycles. The summed E-state index contributed by atoms with van der Waals surface area (Å²) in [6.45, 7) is 1.26. The number of carbonyl (C=O) groups excluding carboxylic acids is 1. The molecule has 1 saturated carbocycles. The number of rotatable bonds is 5. The number of aromatic nitrogens is 1. The minimum absolute atomic E-state index is 0.370. The van der Waals surface area contributed by atoms with Gasteiger partial charge in [-0.2, -0.15) is 0 Å². The van der Waals surface area contributed by atoms with Crippen LogP contribution in [0.3, 0.4) is 0 Å². The first kappa shape index (κ1) is 14.3. The van der Waals surface area contributed by atoms with Crippen molar-refractivity contribution >= 4 is 17.4 Å². The molecule has 1 aliphatic rings. The summed E-state index contributed by atoms with van der Waals surface area (Å²) in [7, 11) is 0. The third-order valence-corrected chi connectivity index (χ3v) is 4.23. The van der Waals surface area contributed by atoms with Gasteiger partial charge in [0.1, 0.15) is 0 Å². The third-order valence-electron chi connectivity index (χ3n) is 3.35. The molecule has 19 heavy (non-hydrogen) atoms. The standard InChI is InChI=1S/C13H21N3O2S/c14-7-6-12-16-11(9-19-12)18-13(17)15-8-10-4-2-1-3-5-10/h9-10H,1-8,14H2,(H,15,17). The lowest BCUT2D eigenvalue weighted by Gasteiger charge is -2.21. The molecule has 106 valence electrons. The molecule has 0 radical (unpaired) electrons. The highest BCUT2D eigenvalue weighted by Gasteiger charge is 2.15. The number of thiazole rings is 1. The van der Waals surface area contributed by atoms with Crippen LogP contribution in [0.25, 0.3) is 0 Å². The number of nitrogens with zero attached hydrogens (tertiary/aromatic N) is 1.